The van der Waals surface area contributed by atoms with Gasteiger partial charge in [0.2, 0.25) is 5.78 Å². The highest BCUT2D eigenvalue weighted by molar-refractivity contribution is 6.16. The third-order valence-corrected chi connectivity index (χ3v) is 5.96. The highest BCUT2D eigenvalue weighted by Gasteiger charge is 2.44. The molecular weight excluding hydrogens is 410 g/mol. The van der Waals surface area contributed by atoms with Gasteiger partial charge in [0.1, 0.15) is 5.58 Å². The van der Waals surface area contributed by atoms with Crippen molar-refractivity contribution in [2.45, 2.75) is 6.04 Å². The Balaban J connectivity index is 1.49. The number of aliphatic hydroxyl groups excluding tert-OH is 1. The highest BCUT2D eigenvalue weighted by Crippen LogP contribution is 2.39. The molecule has 8 nitrogen and oxygen atoms in total. The van der Waals surface area contributed by atoms with E-state index < -0.39 is 23.5 Å². The first kappa shape index (κ1) is 20.4. The zero-order chi connectivity index (χ0) is 22.1. The van der Waals surface area contributed by atoms with Gasteiger partial charge in [0, 0.05) is 44.0 Å². The molecule has 8 heteroatoms. The van der Waals surface area contributed by atoms with E-state index in [1.54, 1.807) is 36.7 Å². The van der Waals surface area contributed by atoms with Crippen molar-refractivity contribution in [1.82, 2.24) is 14.8 Å². The van der Waals surface area contributed by atoms with E-state index in [4.69, 9.17) is 9.15 Å². The van der Waals surface area contributed by atoms with Gasteiger partial charge in [-0.25, -0.2) is 0 Å². The number of hydrogen-bond donors (Lipinski definition) is 1. The Bertz CT molecular complexity index is 1150. The number of nitrogens with zero attached hydrogens (tertiary/aromatic N) is 3. The minimum absolute atomic E-state index is 0.0176. The van der Waals surface area contributed by atoms with E-state index in [2.05, 4.69) is 9.88 Å². The Morgan fingerprint density at radius 3 is 2.69 bits per heavy atom. The van der Waals surface area contributed by atoms with Gasteiger partial charge >= 0.3 is 0 Å². The summed E-state index contributed by atoms with van der Waals surface area (Å²) in [5.74, 6) is -1.52. The monoisotopic (exact) mass is 433 g/mol. The summed E-state index contributed by atoms with van der Waals surface area (Å²) >= 11 is 0. The molecular formula is C24H23N3O5. The van der Waals surface area contributed by atoms with Crippen LogP contribution >= 0.6 is 0 Å². The number of para-hydroxylation sites is 1. The van der Waals surface area contributed by atoms with Crippen molar-refractivity contribution in [2.75, 3.05) is 39.4 Å². The molecule has 5 rings (SSSR count). The molecule has 1 atom stereocenters. The molecule has 4 heterocycles. The summed E-state index contributed by atoms with van der Waals surface area (Å²) in [6.45, 7) is 3.84. The van der Waals surface area contributed by atoms with Crippen molar-refractivity contribution >= 4 is 22.7 Å². The molecule has 2 aliphatic rings. The molecule has 1 aromatic carbocycles. The number of amides is 1. The average molecular weight is 433 g/mol. The number of pyridine rings is 1. The topological polar surface area (TPSA) is 96.1 Å². The summed E-state index contributed by atoms with van der Waals surface area (Å²) in [6, 6.07) is 11.7. The average Bonchev–Trinajstić information content (AvgIpc) is 3.38. The summed E-state index contributed by atoms with van der Waals surface area (Å²) in [4.78, 5) is 34.4. The van der Waals surface area contributed by atoms with E-state index in [9.17, 15) is 14.7 Å². The smallest absolute Gasteiger partial charge is 0.290 e. The van der Waals surface area contributed by atoms with Gasteiger partial charge in [-0.15, -0.1) is 0 Å². The zero-order valence-corrected chi connectivity index (χ0v) is 17.4. The second-order valence-corrected chi connectivity index (χ2v) is 7.88. The largest absolute Gasteiger partial charge is 0.503 e. The van der Waals surface area contributed by atoms with Crippen LogP contribution in [-0.2, 0) is 9.53 Å². The molecule has 0 aliphatic carbocycles. The van der Waals surface area contributed by atoms with E-state index in [-0.39, 0.29) is 11.3 Å². The minimum Gasteiger partial charge on any atom is -0.503 e. The van der Waals surface area contributed by atoms with E-state index >= 15 is 0 Å². The van der Waals surface area contributed by atoms with Crippen LogP contribution in [0.15, 0.2) is 70.6 Å². The van der Waals surface area contributed by atoms with E-state index in [0.29, 0.717) is 37.4 Å². The molecule has 32 heavy (non-hydrogen) atoms. The van der Waals surface area contributed by atoms with Crippen LogP contribution in [0.5, 0.6) is 0 Å². The predicted octanol–water partition coefficient (Wildman–Crippen LogP) is 2.74. The van der Waals surface area contributed by atoms with E-state index in [1.807, 2.05) is 18.2 Å². The van der Waals surface area contributed by atoms with Crippen LogP contribution < -0.4 is 0 Å². The summed E-state index contributed by atoms with van der Waals surface area (Å²) in [6.07, 6.45) is 3.24. The fourth-order valence-corrected chi connectivity index (χ4v) is 4.30. The maximum absolute atomic E-state index is 13.5. The Labute approximate surface area is 184 Å². The van der Waals surface area contributed by atoms with E-state index in [0.717, 1.165) is 18.5 Å². The van der Waals surface area contributed by atoms with Crippen molar-refractivity contribution in [1.29, 1.82) is 0 Å². The number of ether oxygens (including phenoxy) is 1. The number of rotatable bonds is 6. The number of aromatic nitrogens is 1. The predicted molar refractivity (Wildman–Crippen MR) is 116 cm³/mol. The quantitative estimate of drug-likeness (QED) is 0.597. The van der Waals surface area contributed by atoms with Gasteiger partial charge in [0.05, 0.1) is 24.8 Å². The molecule has 3 aromatic rings. The lowest BCUT2D eigenvalue weighted by molar-refractivity contribution is -0.129. The lowest BCUT2D eigenvalue weighted by atomic mass is 9.96. The summed E-state index contributed by atoms with van der Waals surface area (Å²) in [5.41, 5.74) is 1.25. The van der Waals surface area contributed by atoms with Gasteiger partial charge in [0.25, 0.3) is 5.91 Å². The lowest BCUT2D eigenvalue weighted by Gasteiger charge is -2.31. The first-order chi connectivity index (χ1) is 15.6. The number of ketones is 1. The van der Waals surface area contributed by atoms with Gasteiger partial charge < -0.3 is 19.2 Å². The van der Waals surface area contributed by atoms with Crippen LogP contribution in [0.3, 0.4) is 0 Å². The number of benzene rings is 1. The molecule has 2 aromatic heterocycles. The van der Waals surface area contributed by atoms with E-state index in [1.165, 1.54) is 4.90 Å². The molecule has 2 aliphatic heterocycles. The summed E-state index contributed by atoms with van der Waals surface area (Å²) < 4.78 is 11.1. The maximum atomic E-state index is 13.5. The fourth-order valence-electron chi connectivity index (χ4n) is 4.30. The van der Waals surface area contributed by atoms with Crippen molar-refractivity contribution in [3.63, 3.8) is 0 Å². The summed E-state index contributed by atoms with van der Waals surface area (Å²) in [5, 5.41) is 11.6. The van der Waals surface area contributed by atoms with Crippen LogP contribution in [0.25, 0.3) is 11.0 Å². The van der Waals surface area contributed by atoms with Crippen molar-refractivity contribution < 1.29 is 23.8 Å². The molecule has 0 unspecified atom stereocenters. The van der Waals surface area contributed by atoms with Crippen LogP contribution in [-0.4, -0.2) is 71.0 Å². The number of morpholine rings is 1. The maximum Gasteiger partial charge on any atom is 0.290 e. The highest BCUT2D eigenvalue weighted by atomic mass is 16.5. The van der Waals surface area contributed by atoms with Gasteiger partial charge in [-0.1, -0.05) is 24.3 Å². The van der Waals surface area contributed by atoms with Crippen molar-refractivity contribution in [3.8, 4) is 0 Å². The Morgan fingerprint density at radius 1 is 1.12 bits per heavy atom. The molecule has 164 valence electrons. The number of fused-ring (bicyclic) bond motifs is 1. The molecule has 1 amide bonds. The van der Waals surface area contributed by atoms with Crippen molar-refractivity contribution in [2.24, 2.45) is 0 Å². The number of carbonyl (C=O) groups is 2. The van der Waals surface area contributed by atoms with Gasteiger partial charge in [-0.05, 0) is 23.8 Å². The van der Waals surface area contributed by atoms with Crippen molar-refractivity contribution in [3.05, 3.63) is 77.5 Å². The second kappa shape index (κ2) is 8.57. The van der Waals surface area contributed by atoms with Crippen LogP contribution in [0.1, 0.15) is 22.2 Å². The molecule has 1 fully saturated rings. The first-order valence-corrected chi connectivity index (χ1v) is 10.6. The SMILES string of the molecule is O=C(C1=C(O)C(=O)N(CCN2CCOCC2)[C@H]1c1cccnc1)c1cc2ccccc2o1. The molecule has 0 saturated carbocycles. The molecule has 0 spiro atoms. The standard InChI is InChI=1S/C24H23N3O5/c28-22(19-14-16-4-1-2-6-18(16)32-19)20-21(17-5-3-7-25-15-17)27(24(30)23(20)29)9-8-26-10-12-31-13-11-26/h1-7,14-15,21,29H,8-13H2/t21-/m0/s1. The van der Waals surface area contributed by atoms with Gasteiger partial charge in [-0.3, -0.25) is 19.5 Å². The second-order valence-electron chi connectivity index (χ2n) is 7.88. The van der Waals surface area contributed by atoms with Gasteiger partial charge in [-0.2, -0.15) is 0 Å². The van der Waals surface area contributed by atoms with Gasteiger partial charge in [0.15, 0.2) is 11.5 Å². The number of aliphatic hydroxyl groups is 1. The molecule has 1 saturated heterocycles. The third-order valence-electron chi connectivity index (χ3n) is 5.96. The van der Waals surface area contributed by atoms with Crippen LogP contribution in [0.2, 0.25) is 0 Å². The summed E-state index contributed by atoms with van der Waals surface area (Å²) in [7, 11) is 0. The fraction of sp³-hybridized carbons (Fsp3) is 0.292. The van der Waals surface area contributed by atoms with Crippen LogP contribution in [0, 0.1) is 0 Å². The number of furan rings is 1. The minimum atomic E-state index is -0.738. The van der Waals surface area contributed by atoms with Crippen LogP contribution in [0.4, 0.5) is 0 Å². The Morgan fingerprint density at radius 2 is 1.94 bits per heavy atom. The number of hydrogen-bond acceptors (Lipinski definition) is 7. The first-order valence-electron chi connectivity index (χ1n) is 10.6. The molecule has 1 N–H and O–H groups in total. The third kappa shape index (κ3) is 3.68. The zero-order valence-electron chi connectivity index (χ0n) is 17.4. The lowest BCUT2D eigenvalue weighted by Crippen LogP contribution is -2.43. The molecule has 0 radical (unpaired) electrons. The number of carbonyl (C=O) groups excluding carboxylic acids is 2. The molecule has 0 bridgehead atoms. The number of Topliss-reactive ketones (excluding diaryl/α,β-unsaturated/α-hetero) is 1. The normalized spacial score (nSPS) is 19.8. The Kier molecular flexibility index (Phi) is 5.46. The Hall–Kier alpha value is -3.49.